The smallest absolute Gasteiger partial charge is 0.303 e. The molecule has 0 aliphatic carbocycles. The molecule has 174 valence electrons. The van der Waals surface area contributed by atoms with Crippen molar-refractivity contribution in [2.75, 3.05) is 37.7 Å². The van der Waals surface area contributed by atoms with E-state index in [4.69, 9.17) is 28.4 Å². The van der Waals surface area contributed by atoms with Crippen molar-refractivity contribution in [1.82, 2.24) is 0 Å². The molecule has 0 N–H and O–H groups in total. The van der Waals surface area contributed by atoms with Crippen molar-refractivity contribution in [3.63, 3.8) is 0 Å². The lowest BCUT2D eigenvalue weighted by atomic mass is 9.98. The highest BCUT2D eigenvalue weighted by molar-refractivity contribution is 8.32. The van der Waals surface area contributed by atoms with Gasteiger partial charge in [0.05, 0.1) is 6.61 Å². The van der Waals surface area contributed by atoms with Gasteiger partial charge in [-0.3, -0.25) is 19.2 Å². The van der Waals surface area contributed by atoms with E-state index >= 15 is 0 Å². The predicted octanol–water partition coefficient (Wildman–Crippen LogP) is 0.780. The molecule has 1 heterocycles. The van der Waals surface area contributed by atoms with Gasteiger partial charge in [-0.05, 0) is 18.8 Å². The Hall–Kier alpha value is -1.85. The first kappa shape index (κ1) is 26.2. The van der Waals surface area contributed by atoms with Crippen molar-refractivity contribution in [3.8, 4) is 0 Å². The Morgan fingerprint density at radius 2 is 1.27 bits per heavy atom. The second-order valence-electron chi connectivity index (χ2n) is 7.73. The van der Waals surface area contributed by atoms with Gasteiger partial charge in [-0.1, -0.05) is 0 Å². The molecule has 1 saturated heterocycles. The van der Waals surface area contributed by atoms with Gasteiger partial charge in [-0.15, -0.1) is 0 Å². The van der Waals surface area contributed by atoms with Crippen LogP contribution in [0, 0.1) is 0 Å². The monoisotopic (exact) mass is 452 g/mol. The van der Waals surface area contributed by atoms with Crippen LogP contribution in [-0.2, 0) is 47.6 Å². The van der Waals surface area contributed by atoms with Crippen LogP contribution in [0.25, 0.3) is 0 Å². The molecular formula is C19H32O10S. The molecule has 0 aromatic carbocycles. The fraction of sp³-hybridized carbons (Fsp3) is 0.789. The lowest BCUT2D eigenvalue weighted by Gasteiger charge is -2.44. The van der Waals surface area contributed by atoms with Gasteiger partial charge in [0, 0.05) is 33.4 Å². The third-order valence-corrected chi connectivity index (χ3v) is 5.32. The van der Waals surface area contributed by atoms with E-state index in [1.54, 1.807) is 0 Å². The van der Waals surface area contributed by atoms with Crippen LogP contribution in [0.2, 0.25) is 0 Å². The largest absolute Gasteiger partial charge is 0.463 e. The predicted molar refractivity (Wildman–Crippen MR) is 108 cm³/mol. The molecular weight excluding hydrogens is 420 g/mol. The van der Waals surface area contributed by atoms with E-state index < -0.39 is 64.6 Å². The summed E-state index contributed by atoms with van der Waals surface area (Å²) in [5.74, 6) is -1.83. The van der Waals surface area contributed by atoms with Crippen LogP contribution in [0.5, 0.6) is 0 Å². The Labute approximate surface area is 178 Å². The summed E-state index contributed by atoms with van der Waals surface area (Å²) >= 11 is 0. The van der Waals surface area contributed by atoms with Crippen molar-refractivity contribution in [3.05, 3.63) is 0 Å². The van der Waals surface area contributed by atoms with E-state index in [0.717, 1.165) is 5.75 Å². The van der Waals surface area contributed by atoms with Gasteiger partial charge in [0.15, 0.2) is 24.6 Å². The van der Waals surface area contributed by atoms with Crippen molar-refractivity contribution in [2.24, 2.45) is 0 Å². The van der Waals surface area contributed by atoms with Crippen LogP contribution in [-0.4, -0.2) is 92.3 Å². The zero-order chi connectivity index (χ0) is 23.1. The Balaban J connectivity index is 3.22. The first-order valence-corrected chi connectivity index (χ1v) is 12.4. The summed E-state index contributed by atoms with van der Waals surface area (Å²) in [5, 5.41) is 0. The molecule has 1 aliphatic rings. The molecule has 0 bridgehead atoms. The number of carbonyl (C=O) groups excluding carboxylic acids is 4. The van der Waals surface area contributed by atoms with Crippen LogP contribution < -0.4 is 0 Å². The molecule has 0 amide bonds. The minimum absolute atomic E-state index is 0.276. The summed E-state index contributed by atoms with van der Waals surface area (Å²) < 4.78 is 32.7. The molecule has 0 unspecified atom stereocenters. The van der Waals surface area contributed by atoms with Crippen LogP contribution in [0.1, 0.15) is 27.7 Å². The lowest BCUT2D eigenvalue weighted by molar-refractivity contribution is -0.307. The average molecular weight is 453 g/mol. The molecule has 0 radical (unpaired) electrons. The minimum atomic E-state index is -1.21. The number of ether oxygens (including phenoxy) is 6. The molecule has 0 saturated carbocycles. The van der Waals surface area contributed by atoms with Gasteiger partial charge in [-0.2, -0.15) is 0 Å². The molecule has 0 aromatic heterocycles. The topological polar surface area (TPSA) is 124 Å². The number of rotatable bonds is 9. The third-order valence-electron chi connectivity index (χ3n) is 3.93. The van der Waals surface area contributed by atoms with Gasteiger partial charge in [0.2, 0.25) is 0 Å². The maximum Gasteiger partial charge on any atom is 0.303 e. The standard InChI is InChI=1S/C19H32O10S/c1-11(20)25-10-15-16(26-12(2)21)17(27-13(3)22)18(28-14(4)23)19(29-15)24-8-9-30(5,6)7/h15-19H,8-10H2,1-7H3/t15-,16-,17+,18-,19-/m1/s1. The summed E-state index contributed by atoms with van der Waals surface area (Å²) in [6.07, 6.45) is 0.656. The van der Waals surface area contributed by atoms with Gasteiger partial charge in [-0.25, -0.2) is 10.0 Å². The quantitative estimate of drug-likeness (QED) is 0.366. The summed E-state index contributed by atoms with van der Waals surface area (Å²) in [6, 6.07) is 0. The average Bonchev–Trinajstić information content (AvgIpc) is 2.55. The van der Waals surface area contributed by atoms with Crippen LogP contribution in [0.15, 0.2) is 0 Å². The van der Waals surface area contributed by atoms with Crippen LogP contribution in [0.3, 0.4) is 0 Å². The molecule has 5 atom stereocenters. The summed E-state index contributed by atoms with van der Waals surface area (Å²) in [5.41, 5.74) is 0. The molecule has 0 spiro atoms. The molecule has 11 heteroatoms. The van der Waals surface area contributed by atoms with Crippen molar-refractivity contribution in [1.29, 1.82) is 0 Å². The van der Waals surface area contributed by atoms with Crippen molar-refractivity contribution in [2.45, 2.75) is 58.4 Å². The number of carbonyl (C=O) groups is 4. The Bertz CT molecular complexity index is 629. The highest BCUT2D eigenvalue weighted by Crippen LogP contribution is 2.35. The van der Waals surface area contributed by atoms with E-state index in [1.807, 2.05) is 0 Å². The Kier molecular flexibility index (Phi) is 10.1. The minimum Gasteiger partial charge on any atom is -0.463 e. The van der Waals surface area contributed by atoms with E-state index in [2.05, 4.69) is 18.8 Å². The van der Waals surface area contributed by atoms with E-state index in [9.17, 15) is 19.2 Å². The maximum atomic E-state index is 11.7. The summed E-state index contributed by atoms with van der Waals surface area (Å²) in [4.78, 5) is 46.4. The zero-order valence-corrected chi connectivity index (χ0v) is 19.3. The van der Waals surface area contributed by atoms with Crippen molar-refractivity contribution < 1.29 is 47.6 Å². The van der Waals surface area contributed by atoms with Gasteiger partial charge in [0.25, 0.3) is 0 Å². The lowest BCUT2D eigenvalue weighted by Crippen LogP contribution is -2.63. The Morgan fingerprint density at radius 3 is 1.73 bits per heavy atom. The summed E-state index contributed by atoms with van der Waals surface area (Å²) in [6.45, 7) is 4.77. The third kappa shape index (κ3) is 9.31. The number of esters is 4. The number of hydrogen-bond acceptors (Lipinski definition) is 10. The van der Waals surface area contributed by atoms with Gasteiger partial charge >= 0.3 is 23.9 Å². The normalized spacial score (nSPS) is 27.0. The maximum absolute atomic E-state index is 11.7. The first-order chi connectivity index (χ1) is 13.8. The SMILES string of the molecule is CC(=O)OC[C@H]1O[C@@H](OCCS(C)(C)C)[C@H](OC(C)=O)[C@@H](OC(C)=O)[C@@H]1OC(C)=O. The Morgan fingerprint density at radius 1 is 0.767 bits per heavy atom. The molecule has 10 nitrogen and oxygen atoms in total. The van der Waals surface area contributed by atoms with Gasteiger partial charge < -0.3 is 28.4 Å². The molecule has 1 rings (SSSR count). The van der Waals surface area contributed by atoms with Gasteiger partial charge in [0.1, 0.15) is 12.7 Å². The molecule has 0 aromatic rings. The second-order valence-corrected chi connectivity index (χ2v) is 12.3. The van der Waals surface area contributed by atoms with Crippen LogP contribution in [0.4, 0.5) is 0 Å². The van der Waals surface area contributed by atoms with Crippen molar-refractivity contribution >= 4 is 33.9 Å². The van der Waals surface area contributed by atoms with E-state index in [0.29, 0.717) is 6.61 Å². The fourth-order valence-corrected chi connectivity index (χ4v) is 3.33. The highest BCUT2D eigenvalue weighted by atomic mass is 32.3. The fourth-order valence-electron chi connectivity index (χ4n) is 2.74. The second kappa shape index (κ2) is 11.5. The molecule has 1 aliphatic heterocycles. The highest BCUT2D eigenvalue weighted by Gasteiger charge is 2.52. The zero-order valence-electron chi connectivity index (χ0n) is 18.5. The molecule has 30 heavy (non-hydrogen) atoms. The van der Waals surface area contributed by atoms with E-state index in [-0.39, 0.29) is 6.61 Å². The summed E-state index contributed by atoms with van der Waals surface area (Å²) in [7, 11) is -0.872. The first-order valence-electron chi connectivity index (χ1n) is 9.38. The molecule has 1 fully saturated rings. The van der Waals surface area contributed by atoms with E-state index in [1.165, 1.54) is 27.7 Å². The number of hydrogen-bond donors (Lipinski definition) is 0. The van der Waals surface area contributed by atoms with Crippen LogP contribution >= 0.6 is 10.0 Å².